The van der Waals surface area contributed by atoms with E-state index in [1.54, 1.807) is 12.1 Å². The van der Waals surface area contributed by atoms with Crippen LogP contribution in [0, 0.1) is 21.0 Å². The van der Waals surface area contributed by atoms with Gasteiger partial charge in [0.05, 0.1) is 11.1 Å². The summed E-state index contributed by atoms with van der Waals surface area (Å²) in [5, 5.41) is 0.441. The van der Waals surface area contributed by atoms with Crippen LogP contribution in [0.4, 0.5) is 13.2 Å². The molecule has 0 saturated heterocycles. The van der Waals surface area contributed by atoms with Gasteiger partial charge in [-0.05, 0) is 40.3 Å². The fourth-order valence-corrected chi connectivity index (χ4v) is 2.25. The Morgan fingerprint density at radius 1 is 1.05 bits per heavy atom. The van der Waals surface area contributed by atoms with E-state index in [9.17, 15) is 13.2 Å². The molecule has 1 atom stereocenters. The summed E-state index contributed by atoms with van der Waals surface area (Å²) in [4.78, 5) is 0. The van der Waals surface area contributed by atoms with Crippen molar-refractivity contribution < 1.29 is 13.2 Å². The Hall–Kier alpha value is -0.790. The molecule has 2 aromatic rings. The number of nitrogens with two attached hydrogens (primary N) is 1. The number of benzene rings is 2. The SMILES string of the molecule is NC(c1ccc(I)c(Cl)c1)c1c(F)cc(F)cc1F. The first kappa shape index (κ1) is 14.6. The van der Waals surface area contributed by atoms with E-state index in [0.29, 0.717) is 22.7 Å². The third-order valence-corrected chi connectivity index (χ3v) is 4.23. The van der Waals surface area contributed by atoms with Crippen molar-refractivity contribution in [2.45, 2.75) is 6.04 Å². The van der Waals surface area contributed by atoms with Crippen LogP contribution in [-0.4, -0.2) is 0 Å². The number of rotatable bonds is 2. The highest BCUT2D eigenvalue weighted by molar-refractivity contribution is 14.1. The van der Waals surface area contributed by atoms with E-state index in [0.717, 1.165) is 3.57 Å². The van der Waals surface area contributed by atoms with Crippen molar-refractivity contribution in [3.63, 3.8) is 0 Å². The number of halogens is 5. The molecule has 0 aliphatic carbocycles. The molecule has 0 aliphatic rings. The molecule has 100 valence electrons. The van der Waals surface area contributed by atoms with Crippen LogP contribution < -0.4 is 5.73 Å². The third-order valence-electron chi connectivity index (χ3n) is 2.66. The fraction of sp³-hybridized carbons (Fsp3) is 0.0769. The van der Waals surface area contributed by atoms with Crippen LogP contribution >= 0.6 is 34.2 Å². The summed E-state index contributed by atoms with van der Waals surface area (Å²) >= 11 is 7.97. The second-order valence-corrected chi connectivity index (χ2v) is 5.50. The quantitative estimate of drug-likeness (QED) is 0.747. The Kier molecular flexibility index (Phi) is 4.37. The van der Waals surface area contributed by atoms with Crippen molar-refractivity contribution in [2.24, 2.45) is 5.73 Å². The largest absolute Gasteiger partial charge is 0.320 e. The van der Waals surface area contributed by atoms with Gasteiger partial charge in [-0.15, -0.1) is 0 Å². The molecule has 6 heteroatoms. The van der Waals surface area contributed by atoms with Gasteiger partial charge >= 0.3 is 0 Å². The minimum Gasteiger partial charge on any atom is -0.320 e. The predicted octanol–water partition coefficient (Wildman–Crippen LogP) is 4.41. The maximum absolute atomic E-state index is 13.6. The first-order valence-corrected chi connectivity index (χ1v) is 6.71. The molecule has 0 aromatic heterocycles. The zero-order chi connectivity index (χ0) is 14.2. The normalized spacial score (nSPS) is 12.5. The van der Waals surface area contributed by atoms with Gasteiger partial charge in [0.2, 0.25) is 0 Å². The summed E-state index contributed by atoms with van der Waals surface area (Å²) < 4.78 is 40.9. The lowest BCUT2D eigenvalue weighted by molar-refractivity contribution is 0.515. The Labute approximate surface area is 126 Å². The highest BCUT2D eigenvalue weighted by Crippen LogP contribution is 2.29. The van der Waals surface area contributed by atoms with E-state index in [1.165, 1.54) is 6.07 Å². The van der Waals surface area contributed by atoms with Crippen LogP contribution in [0.15, 0.2) is 30.3 Å². The second-order valence-electron chi connectivity index (χ2n) is 3.93. The highest BCUT2D eigenvalue weighted by Gasteiger charge is 2.20. The molecule has 1 unspecified atom stereocenters. The summed E-state index contributed by atoms with van der Waals surface area (Å²) in [6, 6.07) is 5.02. The molecule has 0 amide bonds. The zero-order valence-electron chi connectivity index (χ0n) is 9.43. The van der Waals surface area contributed by atoms with Gasteiger partial charge in [0.15, 0.2) is 0 Å². The van der Waals surface area contributed by atoms with E-state index >= 15 is 0 Å². The fourth-order valence-electron chi connectivity index (χ4n) is 1.72. The van der Waals surface area contributed by atoms with Crippen LogP contribution in [0.3, 0.4) is 0 Å². The van der Waals surface area contributed by atoms with E-state index in [4.69, 9.17) is 17.3 Å². The van der Waals surface area contributed by atoms with Crippen LogP contribution in [0.2, 0.25) is 5.02 Å². The first-order chi connectivity index (χ1) is 8.90. The molecular formula is C13H8ClF3IN. The van der Waals surface area contributed by atoms with Crippen LogP contribution in [0.25, 0.3) is 0 Å². The number of hydrogen-bond donors (Lipinski definition) is 1. The van der Waals surface area contributed by atoms with E-state index in [2.05, 4.69) is 0 Å². The van der Waals surface area contributed by atoms with E-state index < -0.39 is 23.5 Å². The molecule has 0 bridgehead atoms. The number of hydrogen-bond acceptors (Lipinski definition) is 1. The highest BCUT2D eigenvalue weighted by atomic mass is 127. The summed E-state index contributed by atoms with van der Waals surface area (Å²) in [6.07, 6.45) is 0. The standard InChI is InChI=1S/C13H8ClF3IN/c14-8-3-6(1-2-11(8)18)13(19)12-9(16)4-7(15)5-10(12)17/h1-5,13H,19H2. The monoisotopic (exact) mass is 397 g/mol. The van der Waals surface area contributed by atoms with Crippen molar-refractivity contribution in [3.8, 4) is 0 Å². The molecule has 0 spiro atoms. The smallest absolute Gasteiger partial charge is 0.134 e. The first-order valence-electron chi connectivity index (χ1n) is 5.25. The minimum atomic E-state index is -1.05. The molecule has 1 nitrogen and oxygen atoms in total. The van der Waals surface area contributed by atoms with Gasteiger partial charge in [-0.1, -0.05) is 17.7 Å². The molecule has 0 aliphatic heterocycles. The topological polar surface area (TPSA) is 26.0 Å². The molecule has 2 rings (SSSR count). The van der Waals surface area contributed by atoms with Gasteiger partial charge in [0.1, 0.15) is 17.5 Å². The maximum atomic E-state index is 13.6. The minimum absolute atomic E-state index is 0.376. The summed E-state index contributed by atoms with van der Waals surface area (Å²) in [6.45, 7) is 0. The van der Waals surface area contributed by atoms with Gasteiger partial charge in [-0.25, -0.2) is 13.2 Å². The molecule has 0 saturated carbocycles. The van der Waals surface area contributed by atoms with Crippen molar-refractivity contribution in [2.75, 3.05) is 0 Å². The zero-order valence-corrected chi connectivity index (χ0v) is 12.3. The second kappa shape index (κ2) is 5.68. The Bertz CT molecular complexity index is 610. The van der Waals surface area contributed by atoms with Crippen LogP contribution in [-0.2, 0) is 0 Å². The van der Waals surface area contributed by atoms with Crippen LogP contribution in [0.1, 0.15) is 17.2 Å². The van der Waals surface area contributed by atoms with E-state index in [1.807, 2.05) is 22.6 Å². The Morgan fingerprint density at radius 2 is 1.63 bits per heavy atom. The molecule has 0 heterocycles. The maximum Gasteiger partial charge on any atom is 0.134 e. The van der Waals surface area contributed by atoms with Crippen molar-refractivity contribution in [1.82, 2.24) is 0 Å². The third kappa shape index (κ3) is 3.04. The predicted molar refractivity (Wildman–Crippen MR) is 76.5 cm³/mol. The molecule has 0 fully saturated rings. The lowest BCUT2D eigenvalue weighted by Gasteiger charge is -2.15. The van der Waals surface area contributed by atoms with Gasteiger partial charge in [0, 0.05) is 21.3 Å². The molecular weight excluding hydrogens is 390 g/mol. The lowest BCUT2D eigenvalue weighted by atomic mass is 9.98. The van der Waals surface area contributed by atoms with Gasteiger partial charge in [0.25, 0.3) is 0 Å². The van der Waals surface area contributed by atoms with Crippen molar-refractivity contribution >= 4 is 34.2 Å². The lowest BCUT2D eigenvalue weighted by Crippen LogP contribution is -2.16. The van der Waals surface area contributed by atoms with Crippen molar-refractivity contribution in [3.05, 3.63) is 67.5 Å². The summed E-state index contributed by atoms with van der Waals surface area (Å²) in [5.41, 5.74) is 5.90. The Balaban J connectivity index is 2.49. The summed E-state index contributed by atoms with van der Waals surface area (Å²) in [5.74, 6) is -3.01. The summed E-state index contributed by atoms with van der Waals surface area (Å²) in [7, 11) is 0. The van der Waals surface area contributed by atoms with Crippen LogP contribution in [0.5, 0.6) is 0 Å². The molecule has 2 N–H and O–H groups in total. The molecule has 19 heavy (non-hydrogen) atoms. The molecule has 2 aromatic carbocycles. The van der Waals surface area contributed by atoms with Gasteiger partial charge in [-0.2, -0.15) is 0 Å². The van der Waals surface area contributed by atoms with Crippen molar-refractivity contribution in [1.29, 1.82) is 0 Å². The van der Waals surface area contributed by atoms with Gasteiger partial charge in [-0.3, -0.25) is 0 Å². The van der Waals surface area contributed by atoms with E-state index in [-0.39, 0.29) is 5.56 Å². The average Bonchev–Trinajstić information content (AvgIpc) is 2.31. The average molecular weight is 398 g/mol. The van der Waals surface area contributed by atoms with Gasteiger partial charge < -0.3 is 5.73 Å². The Morgan fingerprint density at radius 3 is 2.16 bits per heavy atom. The molecule has 0 radical (unpaired) electrons.